The van der Waals surface area contributed by atoms with E-state index in [2.05, 4.69) is 4.72 Å². The summed E-state index contributed by atoms with van der Waals surface area (Å²) < 4.78 is 25.1. The number of nitrogens with two attached hydrogens (primary N) is 1. The van der Waals surface area contributed by atoms with Gasteiger partial charge in [-0.3, -0.25) is 14.3 Å². The number of piperidine rings is 1. The molecular formula is C14H19N3O4S. The summed E-state index contributed by atoms with van der Waals surface area (Å²) >= 11 is 0. The van der Waals surface area contributed by atoms with Crippen molar-refractivity contribution in [1.82, 2.24) is 4.90 Å². The summed E-state index contributed by atoms with van der Waals surface area (Å²) in [6, 6.07) is 6.46. The molecule has 120 valence electrons. The Balaban J connectivity index is 2.15. The summed E-state index contributed by atoms with van der Waals surface area (Å²) in [5.41, 5.74) is 5.83. The average molecular weight is 325 g/mol. The Morgan fingerprint density at radius 3 is 2.36 bits per heavy atom. The van der Waals surface area contributed by atoms with Gasteiger partial charge in [0.2, 0.25) is 15.9 Å². The van der Waals surface area contributed by atoms with Gasteiger partial charge in [0.25, 0.3) is 5.91 Å². The second-order valence-corrected chi connectivity index (χ2v) is 7.14. The summed E-state index contributed by atoms with van der Waals surface area (Å²) in [4.78, 5) is 25.3. The van der Waals surface area contributed by atoms with Crippen LogP contribution in [0.15, 0.2) is 24.3 Å². The minimum atomic E-state index is -3.47. The van der Waals surface area contributed by atoms with Crippen molar-refractivity contribution in [2.75, 3.05) is 24.1 Å². The second-order valence-electron chi connectivity index (χ2n) is 5.39. The summed E-state index contributed by atoms with van der Waals surface area (Å²) in [7, 11) is -3.47. The van der Waals surface area contributed by atoms with E-state index in [9.17, 15) is 18.0 Å². The number of rotatable bonds is 4. The van der Waals surface area contributed by atoms with Gasteiger partial charge in [0, 0.05) is 19.0 Å². The molecule has 7 nitrogen and oxygen atoms in total. The van der Waals surface area contributed by atoms with E-state index in [-0.39, 0.29) is 23.4 Å². The SMILES string of the molecule is CS(=O)(=O)Nc1ccccc1C(=O)N1CCC(C(N)=O)CC1. The van der Waals surface area contributed by atoms with Crippen molar-refractivity contribution in [3.05, 3.63) is 29.8 Å². The van der Waals surface area contributed by atoms with Gasteiger partial charge >= 0.3 is 0 Å². The first kappa shape index (κ1) is 16.3. The van der Waals surface area contributed by atoms with Gasteiger partial charge in [0.05, 0.1) is 17.5 Å². The highest BCUT2D eigenvalue weighted by Gasteiger charge is 2.27. The maximum atomic E-state index is 12.6. The number of para-hydroxylation sites is 1. The van der Waals surface area contributed by atoms with Gasteiger partial charge in [-0.05, 0) is 25.0 Å². The fourth-order valence-corrected chi connectivity index (χ4v) is 3.07. The maximum Gasteiger partial charge on any atom is 0.255 e. The third-order valence-electron chi connectivity index (χ3n) is 3.64. The molecular weight excluding hydrogens is 306 g/mol. The van der Waals surface area contributed by atoms with Crippen molar-refractivity contribution in [3.63, 3.8) is 0 Å². The average Bonchev–Trinajstić information content (AvgIpc) is 2.45. The number of amides is 2. The quantitative estimate of drug-likeness (QED) is 0.834. The third-order valence-corrected chi connectivity index (χ3v) is 4.23. The van der Waals surface area contributed by atoms with Crippen molar-refractivity contribution < 1.29 is 18.0 Å². The lowest BCUT2D eigenvalue weighted by Gasteiger charge is -2.31. The first-order chi connectivity index (χ1) is 10.3. The van der Waals surface area contributed by atoms with Crippen LogP contribution in [0.5, 0.6) is 0 Å². The largest absolute Gasteiger partial charge is 0.369 e. The van der Waals surface area contributed by atoms with E-state index in [1.54, 1.807) is 29.2 Å². The van der Waals surface area contributed by atoms with Crippen LogP contribution in [0.3, 0.4) is 0 Å². The molecule has 1 aliphatic rings. The molecule has 1 aliphatic heterocycles. The molecule has 22 heavy (non-hydrogen) atoms. The lowest BCUT2D eigenvalue weighted by molar-refractivity contribution is -0.123. The predicted octanol–water partition coefficient (Wildman–Crippen LogP) is 0.396. The molecule has 3 N–H and O–H groups in total. The number of benzene rings is 1. The van der Waals surface area contributed by atoms with Crippen LogP contribution in [-0.4, -0.2) is 44.5 Å². The molecule has 1 saturated heterocycles. The van der Waals surface area contributed by atoms with Gasteiger partial charge in [-0.2, -0.15) is 0 Å². The molecule has 0 aliphatic carbocycles. The normalized spacial score (nSPS) is 16.3. The number of hydrogen-bond acceptors (Lipinski definition) is 4. The van der Waals surface area contributed by atoms with Gasteiger partial charge in [-0.15, -0.1) is 0 Å². The molecule has 0 unspecified atom stereocenters. The minimum absolute atomic E-state index is 0.201. The molecule has 1 fully saturated rings. The number of carbonyl (C=O) groups excluding carboxylic acids is 2. The van der Waals surface area contributed by atoms with Crippen LogP contribution in [0.2, 0.25) is 0 Å². The number of sulfonamides is 1. The minimum Gasteiger partial charge on any atom is -0.369 e. The van der Waals surface area contributed by atoms with E-state index in [1.807, 2.05) is 0 Å². The third kappa shape index (κ3) is 3.97. The first-order valence-electron chi connectivity index (χ1n) is 6.93. The molecule has 1 heterocycles. The Hall–Kier alpha value is -2.09. The Kier molecular flexibility index (Phi) is 4.70. The fraction of sp³-hybridized carbons (Fsp3) is 0.429. The zero-order valence-corrected chi connectivity index (χ0v) is 13.1. The zero-order chi connectivity index (χ0) is 16.3. The highest BCUT2D eigenvalue weighted by Crippen LogP contribution is 2.22. The standard InChI is InChI=1S/C14H19N3O4S/c1-22(20,21)16-12-5-3-2-4-11(12)14(19)17-8-6-10(7-9-17)13(15)18/h2-5,10,16H,6-9H2,1H3,(H2,15,18). The van der Waals surface area contributed by atoms with Crippen molar-refractivity contribution >= 4 is 27.5 Å². The number of nitrogens with zero attached hydrogens (tertiary/aromatic N) is 1. The summed E-state index contributed by atoms with van der Waals surface area (Å²) in [5, 5.41) is 0. The molecule has 0 atom stereocenters. The Labute approximate surface area is 129 Å². The molecule has 1 aromatic rings. The predicted molar refractivity (Wildman–Crippen MR) is 82.7 cm³/mol. The van der Waals surface area contributed by atoms with Crippen LogP contribution in [0, 0.1) is 5.92 Å². The smallest absolute Gasteiger partial charge is 0.255 e. The fourth-order valence-electron chi connectivity index (χ4n) is 2.50. The Bertz CT molecular complexity index is 679. The van der Waals surface area contributed by atoms with Crippen molar-refractivity contribution in [1.29, 1.82) is 0 Å². The molecule has 0 radical (unpaired) electrons. The van der Waals surface area contributed by atoms with Gasteiger partial charge in [-0.1, -0.05) is 12.1 Å². The number of anilines is 1. The summed E-state index contributed by atoms with van der Waals surface area (Å²) in [6.45, 7) is 0.860. The highest BCUT2D eigenvalue weighted by molar-refractivity contribution is 7.92. The van der Waals surface area contributed by atoms with Crippen LogP contribution < -0.4 is 10.5 Å². The van der Waals surface area contributed by atoms with Crippen LogP contribution >= 0.6 is 0 Å². The van der Waals surface area contributed by atoms with E-state index < -0.39 is 10.0 Å². The van der Waals surface area contributed by atoms with Crippen LogP contribution in [0.1, 0.15) is 23.2 Å². The molecule has 2 amide bonds. The number of hydrogen-bond donors (Lipinski definition) is 2. The highest BCUT2D eigenvalue weighted by atomic mass is 32.2. The molecule has 1 aromatic carbocycles. The maximum absolute atomic E-state index is 12.6. The molecule has 0 saturated carbocycles. The van der Waals surface area contributed by atoms with E-state index >= 15 is 0 Å². The number of nitrogens with one attached hydrogen (secondary N) is 1. The molecule has 2 rings (SSSR count). The van der Waals surface area contributed by atoms with Crippen molar-refractivity contribution in [2.24, 2.45) is 11.7 Å². The van der Waals surface area contributed by atoms with Gasteiger partial charge in [0.15, 0.2) is 0 Å². The molecule has 0 aromatic heterocycles. The van der Waals surface area contributed by atoms with Gasteiger partial charge in [0.1, 0.15) is 0 Å². The number of likely N-dealkylation sites (tertiary alicyclic amines) is 1. The van der Waals surface area contributed by atoms with Crippen LogP contribution in [0.4, 0.5) is 5.69 Å². The monoisotopic (exact) mass is 325 g/mol. The zero-order valence-electron chi connectivity index (χ0n) is 12.3. The molecule has 0 spiro atoms. The Morgan fingerprint density at radius 2 is 1.82 bits per heavy atom. The van der Waals surface area contributed by atoms with E-state index in [0.717, 1.165) is 6.26 Å². The molecule has 8 heteroatoms. The second kappa shape index (κ2) is 6.35. The lowest BCUT2D eigenvalue weighted by Crippen LogP contribution is -2.42. The summed E-state index contributed by atoms with van der Waals surface area (Å²) in [6.07, 6.45) is 2.10. The number of primary amides is 1. The van der Waals surface area contributed by atoms with E-state index in [1.165, 1.54) is 0 Å². The van der Waals surface area contributed by atoms with Crippen LogP contribution in [0.25, 0.3) is 0 Å². The topological polar surface area (TPSA) is 110 Å². The Morgan fingerprint density at radius 1 is 1.23 bits per heavy atom. The summed E-state index contributed by atoms with van der Waals surface area (Å²) in [5.74, 6) is -0.797. The van der Waals surface area contributed by atoms with Gasteiger partial charge in [-0.25, -0.2) is 8.42 Å². The number of carbonyl (C=O) groups is 2. The van der Waals surface area contributed by atoms with Crippen molar-refractivity contribution in [3.8, 4) is 0 Å². The lowest BCUT2D eigenvalue weighted by atomic mass is 9.96. The van der Waals surface area contributed by atoms with Crippen molar-refractivity contribution in [2.45, 2.75) is 12.8 Å². The van der Waals surface area contributed by atoms with E-state index in [4.69, 9.17) is 5.73 Å². The van der Waals surface area contributed by atoms with Crippen LogP contribution in [-0.2, 0) is 14.8 Å². The van der Waals surface area contributed by atoms with E-state index in [0.29, 0.717) is 31.5 Å². The first-order valence-corrected chi connectivity index (χ1v) is 8.82. The molecule has 0 bridgehead atoms. The van der Waals surface area contributed by atoms with Gasteiger partial charge < -0.3 is 10.6 Å².